The van der Waals surface area contributed by atoms with Gasteiger partial charge in [-0.05, 0) is 64.3 Å². The van der Waals surface area contributed by atoms with Gasteiger partial charge in [0.05, 0.1) is 0 Å². The summed E-state index contributed by atoms with van der Waals surface area (Å²) in [6, 6.07) is 20.5. The van der Waals surface area contributed by atoms with Crippen LogP contribution in [0.2, 0.25) is 0 Å². The average Bonchev–Trinajstić information content (AvgIpc) is 2.61. The molecule has 0 N–H and O–H groups in total. The van der Waals surface area contributed by atoms with Crippen molar-refractivity contribution in [2.24, 2.45) is 0 Å². The zero-order valence-corrected chi connectivity index (χ0v) is 14.5. The molecule has 0 heterocycles. The number of hydrogen-bond donors (Lipinski definition) is 0. The Morgan fingerprint density at radius 2 is 1.17 bits per heavy atom. The molecule has 0 unspecified atom stereocenters. The van der Waals surface area contributed by atoms with Crippen LogP contribution in [0.25, 0.3) is 10.8 Å². The van der Waals surface area contributed by atoms with Crippen molar-refractivity contribution >= 4 is 10.8 Å². The van der Waals surface area contributed by atoms with E-state index in [1.54, 1.807) is 0 Å². The lowest BCUT2D eigenvalue weighted by molar-refractivity contribution is 1.02. The first-order valence-electron chi connectivity index (χ1n) is 8.87. The molecular formula is C23H26. The third-order valence-corrected chi connectivity index (χ3v) is 4.91. The zero-order valence-electron chi connectivity index (χ0n) is 14.5. The highest BCUT2D eigenvalue weighted by atomic mass is 14.1. The van der Waals surface area contributed by atoms with E-state index < -0.39 is 0 Å². The molecule has 0 saturated heterocycles. The topological polar surface area (TPSA) is 0 Å². The molecule has 0 aliphatic rings. The van der Waals surface area contributed by atoms with Gasteiger partial charge < -0.3 is 0 Å². The van der Waals surface area contributed by atoms with Gasteiger partial charge in [0.1, 0.15) is 0 Å². The molecule has 0 heteroatoms. The summed E-state index contributed by atoms with van der Waals surface area (Å²) in [7, 11) is 0. The Labute approximate surface area is 140 Å². The molecule has 0 spiro atoms. The second kappa shape index (κ2) is 7.00. The van der Waals surface area contributed by atoms with E-state index in [1.165, 1.54) is 38.6 Å². The first-order chi connectivity index (χ1) is 11.3. The van der Waals surface area contributed by atoms with Gasteiger partial charge in [-0.2, -0.15) is 0 Å². The Morgan fingerprint density at radius 3 is 1.83 bits per heavy atom. The summed E-state index contributed by atoms with van der Waals surface area (Å²) in [5.41, 5.74) is 7.29. The maximum Gasteiger partial charge on any atom is -0.00195 e. The lowest BCUT2D eigenvalue weighted by Crippen LogP contribution is -1.96. The predicted molar refractivity (Wildman–Crippen MR) is 101 cm³/mol. The molecule has 0 saturated carbocycles. The fraction of sp³-hybridized carbons (Fsp3) is 0.304. The zero-order chi connectivity index (χ0) is 16.2. The maximum atomic E-state index is 2.40. The van der Waals surface area contributed by atoms with Crippen molar-refractivity contribution in [1.29, 1.82) is 0 Å². The Bertz CT molecular complexity index is 811. The minimum Gasteiger partial charge on any atom is -0.0613 e. The molecule has 0 amide bonds. The second-order valence-electron chi connectivity index (χ2n) is 6.27. The summed E-state index contributed by atoms with van der Waals surface area (Å²) in [5, 5.41) is 2.82. The predicted octanol–water partition coefficient (Wildman–Crippen LogP) is 6.12. The minimum absolute atomic E-state index is 1.02. The van der Waals surface area contributed by atoms with Gasteiger partial charge >= 0.3 is 0 Å². The van der Waals surface area contributed by atoms with Crippen LogP contribution in [0.4, 0.5) is 0 Å². The van der Waals surface area contributed by atoms with Crippen LogP contribution in [0.15, 0.2) is 54.6 Å². The number of aryl methyl sites for hydroxylation is 3. The van der Waals surface area contributed by atoms with E-state index in [0.29, 0.717) is 0 Å². The van der Waals surface area contributed by atoms with Crippen molar-refractivity contribution in [3.05, 3.63) is 82.4 Å². The Kier molecular flexibility index (Phi) is 4.81. The van der Waals surface area contributed by atoms with Gasteiger partial charge in [-0.1, -0.05) is 75.4 Å². The highest BCUT2D eigenvalue weighted by molar-refractivity contribution is 5.88. The average molecular weight is 302 g/mol. The van der Waals surface area contributed by atoms with E-state index in [4.69, 9.17) is 0 Å². The van der Waals surface area contributed by atoms with Crippen LogP contribution < -0.4 is 0 Å². The molecule has 0 atom stereocenters. The van der Waals surface area contributed by atoms with Crippen molar-refractivity contribution in [3.8, 4) is 0 Å². The Hall–Kier alpha value is -2.08. The van der Waals surface area contributed by atoms with E-state index in [9.17, 15) is 0 Å². The van der Waals surface area contributed by atoms with Gasteiger partial charge in [0.25, 0.3) is 0 Å². The van der Waals surface area contributed by atoms with Crippen molar-refractivity contribution in [3.63, 3.8) is 0 Å². The molecular weight excluding hydrogens is 276 g/mol. The SMILES string of the molecule is CCc1ccc(Cc2cccc3c(CC)cccc23)cc1CC. The van der Waals surface area contributed by atoms with Gasteiger partial charge in [0, 0.05) is 0 Å². The fourth-order valence-corrected chi connectivity index (χ4v) is 3.59. The van der Waals surface area contributed by atoms with Crippen molar-refractivity contribution in [2.45, 2.75) is 46.5 Å². The number of rotatable bonds is 5. The summed E-state index contributed by atoms with van der Waals surface area (Å²) in [5.74, 6) is 0. The van der Waals surface area contributed by atoms with Crippen LogP contribution in [0.1, 0.15) is 48.6 Å². The molecule has 118 valence electrons. The minimum atomic E-state index is 1.02. The molecule has 3 aromatic rings. The van der Waals surface area contributed by atoms with E-state index in [-0.39, 0.29) is 0 Å². The molecule has 0 fully saturated rings. The molecule has 3 rings (SSSR count). The molecule has 23 heavy (non-hydrogen) atoms. The lowest BCUT2D eigenvalue weighted by atomic mass is 9.93. The van der Waals surface area contributed by atoms with Crippen molar-refractivity contribution < 1.29 is 0 Å². The largest absolute Gasteiger partial charge is 0.0613 e. The molecule has 0 aliphatic heterocycles. The molecule has 3 aromatic carbocycles. The van der Waals surface area contributed by atoms with E-state index in [2.05, 4.69) is 75.4 Å². The smallest absolute Gasteiger partial charge is 0.00195 e. The van der Waals surface area contributed by atoms with Gasteiger partial charge in [-0.3, -0.25) is 0 Å². The number of benzene rings is 3. The summed E-state index contributed by atoms with van der Waals surface area (Å²) in [6.45, 7) is 6.73. The van der Waals surface area contributed by atoms with Crippen LogP contribution in [0.5, 0.6) is 0 Å². The summed E-state index contributed by atoms with van der Waals surface area (Å²) in [4.78, 5) is 0. The lowest BCUT2D eigenvalue weighted by Gasteiger charge is -2.12. The number of hydrogen-bond acceptors (Lipinski definition) is 0. The third-order valence-electron chi connectivity index (χ3n) is 4.91. The highest BCUT2D eigenvalue weighted by Gasteiger charge is 2.06. The van der Waals surface area contributed by atoms with Gasteiger partial charge in [-0.25, -0.2) is 0 Å². The first kappa shape index (κ1) is 15.8. The Balaban J connectivity index is 2.02. The summed E-state index contributed by atoms with van der Waals surface area (Å²) in [6.07, 6.45) is 4.34. The van der Waals surface area contributed by atoms with E-state index in [0.717, 1.165) is 25.7 Å². The fourth-order valence-electron chi connectivity index (χ4n) is 3.59. The third kappa shape index (κ3) is 3.17. The van der Waals surface area contributed by atoms with Gasteiger partial charge in [0.2, 0.25) is 0 Å². The second-order valence-corrected chi connectivity index (χ2v) is 6.27. The van der Waals surface area contributed by atoms with Crippen molar-refractivity contribution in [2.75, 3.05) is 0 Å². The summed E-state index contributed by atoms with van der Waals surface area (Å²) >= 11 is 0. The first-order valence-corrected chi connectivity index (χ1v) is 8.87. The highest BCUT2D eigenvalue weighted by Crippen LogP contribution is 2.25. The summed E-state index contributed by atoms with van der Waals surface area (Å²) < 4.78 is 0. The quantitative estimate of drug-likeness (QED) is 0.533. The standard InChI is InChI=1S/C23H26/c1-4-18-14-13-17(15-20(18)6-3)16-21-10-8-11-22-19(5-2)9-7-12-23(21)22/h7-15H,4-6,16H2,1-3H3. The van der Waals surface area contributed by atoms with E-state index >= 15 is 0 Å². The van der Waals surface area contributed by atoms with Gasteiger partial charge in [0.15, 0.2) is 0 Å². The molecule has 0 aliphatic carbocycles. The van der Waals surface area contributed by atoms with Crippen LogP contribution in [0, 0.1) is 0 Å². The molecule has 0 radical (unpaired) electrons. The molecule has 0 nitrogen and oxygen atoms in total. The maximum absolute atomic E-state index is 2.40. The monoisotopic (exact) mass is 302 g/mol. The normalized spacial score (nSPS) is 11.1. The van der Waals surface area contributed by atoms with E-state index in [1.807, 2.05) is 0 Å². The van der Waals surface area contributed by atoms with Crippen LogP contribution in [0.3, 0.4) is 0 Å². The molecule has 0 aromatic heterocycles. The van der Waals surface area contributed by atoms with Crippen LogP contribution in [-0.2, 0) is 25.7 Å². The van der Waals surface area contributed by atoms with Crippen LogP contribution >= 0.6 is 0 Å². The van der Waals surface area contributed by atoms with Crippen molar-refractivity contribution in [1.82, 2.24) is 0 Å². The van der Waals surface area contributed by atoms with Gasteiger partial charge in [-0.15, -0.1) is 0 Å². The number of fused-ring (bicyclic) bond motifs is 1. The molecule has 0 bridgehead atoms. The Morgan fingerprint density at radius 1 is 0.565 bits per heavy atom. The van der Waals surface area contributed by atoms with Crippen LogP contribution in [-0.4, -0.2) is 0 Å².